The zero-order valence-corrected chi connectivity index (χ0v) is 12.1. The second-order valence-electron chi connectivity index (χ2n) is 5.02. The third-order valence-electron chi connectivity index (χ3n) is 3.19. The van der Waals surface area contributed by atoms with E-state index in [0.29, 0.717) is 25.2 Å². The Morgan fingerprint density at radius 3 is 2.52 bits per heavy atom. The van der Waals surface area contributed by atoms with Gasteiger partial charge in [0, 0.05) is 25.2 Å². The van der Waals surface area contributed by atoms with Crippen molar-refractivity contribution in [1.29, 1.82) is 0 Å². The molecule has 21 heavy (non-hydrogen) atoms. The van der Waals surface area contributed by atoms with Crippen molar-refractivity contribution >= 4 is 5.91 Å². The van der Waals surface area contributed by atoms with Crippen molar-refractivity contribution in [2.45, 2.75) is 13.5 Å². The van der Waals surface area contributed by atoms with E-state index in [4.69, 9.17) is 5.73 Å². The first kappa shape index (κ1) is 15.2. The Morgan fingerprint density at radius 1 is 1.19 bits per heavy atom. The van der Waals surface area contributed by atoms with Crippen LogP contribution >= 0.6 is 0 Å². The summed E-state index contributed by atoms with van der Waals surface area (Å²) >= 11 is 0. The quantitative estimate of drug-likeness (QED) is 0.918. The van der Waals surface area contributed by atoms with E-state index in [-0.39, 0.29) is 5.91 Å². The van der Waals surface area contributed by atoms with Gasteiger partial charge in [-0.15, -0.1) is 0 Å². The Balaban J connectivity index is 2.22. The van der Waals surface area contributed by atoms with Crippen molar-refractivity contribution in [1.82, 2.24) is 4.90 Å². The number of hydrogen-bond donors (Lipinski definition) is 1. The molecule has 0 unspecified atom stereocenters. The lowest BCUT2D eigenvalue weighted by Crippen LogP contribution is -2.35. The van der Waals surface area contributed by atoms with Crippen LogP contribution < -0.4 is 5.73 Å². The normalized spacial score (nSPS) is 10.4. The number of hydrogen-bond acceptors (Lipinski definition) is 2. The zero-order chi connectivity index (χ0) is 15.2. The van der Waals surface area contributed by atoms with Crippen LogP contribution in [0.25, 0.3) is 0 Å². The first-order valence-electron chi connectivity index (χ1n) is 6.90. The molecule has 1 amide bonds. The number of nitrogens with zero attached hydrogens (tertiary/aromatic N) is 1. The van der Waals surface area contributed by atoms with Gasteiger partial charge < -0.3 is 10.6 Å². The van der Waals surface area contributed by atoms with Crippen molar-refractivity contribution < 1.29 is 9.18 Å². The number of amides is 1. The molecule has 4 heteroatoms. The third kappa shape index (κ3) is 4.13. The van der Waals surface area contributed by atoms with E-state index in [0.717, 1.165) is 11.1 Å². The minimum Gasteiger partial charge on any atom is -0.333 e. The Kier molecular flexibility index (Phi) is 5.06. The fourth-order valence-electron chi connectivity index (χ4n) is 2.25. The van der Waals surface area contributed by atoms with E-state index in [9.17, 15) is 9.18 Å². The van der Waals surface area contributed by atoms with Crippen LogP contribution in [0.4, 0.5) is 4.39 Å². The van der Waals surface area contributed by atoms with Crippen molar-refractivity contribution in [3.05, 3.63) is 71.0 Å². The van der Waals surface area contributed by atoms with E-state index in [1.54, 1.807) is 17.9 Å². The van der Waals surface area contributed by atoms with Gasteiger partial charge in [0.05, 0.1) is 0 Å². The highest BCUT2D eigenvalue weighted by Crippen LogP contribution is 2.13. The number of benzene rings is 2. The molecule has 0 bridgehead atoms. The molecule has 0 aromatic heterocycles. The maximum Gasteiger partial charge on any atom is 0.254 e. The zero-order valence-electron chi connectivity index (χ0n) is 12.1. The maximum atomic E-state index is 13.5. The second kappa shape index (κ2) is 6.99. The number of halogens is 1. The molecule has 0 aliphatic carbocycles. The molecule has 2 N–H and O–H groups in total. The predicted octanol–water partition coefficient (Wildman–Crippen LogP) is 2.74. The third-order valence-corrected chi connectivity index (χ3v) is 3.19. The number of rotatable bonds is 5. The molecule has 0 radical (unpaired) electrons. The minimum absolute atomic E-state index is 0.202. The van der Waals surface area contributed by atoms with Crippen LogP contribution in [0, 0.1) is 12.7 Å². The van der Waals surface area contributed by atoms with Crippen LogP contribution in [0.5, 0.6) is 0 Å². The summed E-state index contributed by atoms with van der Waals surface area (Å²) in [6.45, 7) is 3.03. The fourth-order valence-corrected chi connectivity index (χ4v) is 2.25. The van der Waals surface area contributed by atoms with Gasteiger partial charge in [0.15, 0.2) is 0 Å². The summed E-state index contributed by atoms with van der Waals surface area (Å²) in [5, 5.41) is 0. The van der Waals surface area contributed by atoms with Gasteiger partial charge in [-0.3, -0.25) is 4.79 Å². The van der Waals surface area contributed by atoms with Gasteiger partial charge in [-0.05, 0) is 36.2 Å². The summed E-state index contributed by atoms with van der Waals surface area (Å²) in [5.41, 5.74) is 7.70. The van der Waals surface area contributed by atoms with Crippen LogP contribution in [-0.4, -0.2) is 23.9 Å². The maximum absolute atomic E-state index is 13.5. The monoisotopic (exact) mass is 286 g/mol. The van der Waals surface area contributed by atoms with E-state index < -0.39 is 5.82 Å². The highest BCUT2D eigenvalue weighted by molar-refractivity contribution is 5.94. The van der Waals surface area contributed by atoms with Gasteiger partial charge >= 0.3 is 0 Å². The average molecular weight is 286 g/mol. The number of aryl methyl sites for hydroxylation is 1. The Hall–Kier alpha value is -2.20. The average Bonchev–Trinajstić information content (AvgIpc) is 2.46. The first-order chi connectivity index (χ1) is 10.1. The van der Waals surface area contributed by atoms with E-state index in [2.05, 4.69) is 0 Å². The smallest absolute Gasteiger partial charge is 0.254 e. The van der Waals surface area contributed by atoms with E-state index >= 15 is 0 Å². The summed E-state index contributed by atoms with van der Waals surface area (Å²) in [5.74, 6) is -0.599. The molecule has 3 nitrogen and oxygen atoms in total. The van der Waals surface area contributed by atoms with Gasteiger partial charge in [0.25, 0.3) is 5.91 Å². The Morgan fingerprint density at radius 2 is 1.90 bits per heavy atom. The van der Waals surface area contributed by atoms with Gasteiger partial charge in [-0.25, -0.2) is 4.39 Å². The highest BCUT2D eigenvalue weighted by Gasteiger charge is 2.16. The van der Waals surface area contributed by atoms with Crippen molar-refractivity contribution in [3.8, 4) is 0 Å². The Labute approximate surface area is 124 Å². The molecule has 2 rings (SSSR count). The lowest BCUT2D eigenvalue weighted by Gasteiger charge is -2.22. The molecule has 0 spiro atoms. The number of carbonyl (C=O) groups excluding carboxylic acids is 1. The fraction of sp³-hybridized carbons (Fsp3) is 0.235. The molecule has 0 fully saturated rings. The number of nitrogens with two attached hydrogens (primary N) is 1. The first-order valence-corrected chi connectivity index (χ1v) is 6.90. The molecular formula is C17H19FN2O. The van der Waals surface area contributed by atoms with Crippen molar-refractivity contribution in [2.75, 3.05) is 13.1 Å². The predicted molar refractivity (Wildman–Crippen MR) is 81.4 cm³/mol. The second-order valence-corrected chi connectivity index (χ2v) is 5.02. The SMILES string of the molecule is Cc1cc(F)cc(C(=O)N(CCN)Cc2ccccc2)c1. The van der Waals surface area contributed by atoms with E-state index in [1.807, 2.05) is 30.3 Å². The summed E-state index contributed by atoms with van der Waals surface area (Å²) in [7, 11) is 0. The summed E-state index contributed by atoms with van der Waals surface area (Å²) in [6, 6.07) is 14.0. The molecule has 0 atom stereocenters. The van der Waals surface area contributed by atoms with Crippen LogP contribution in [0.1, 0.15) is 21.5 Å². The highest BCUT2D eigenvalue weighted by atomic mass is 19.1. The van der Waals surface area contributed by atoms with Crippen LogP contribution in [0.15, 0.2) is 48.5 Å². The largest absolute Gasteiger partial charge is 0.333 e. The van der Waals surface area contributed by atoms with Gasteiger partial charge in [0.2, 0.25) is 0 Å². The Bertz CT molecular complexity index is 593. The number of carbonyl (C=O) groups is 1. The lowest BCUT2D eigenvalue weighted by atomic mass is 10.1. The topological polar surface area (TPSA) is 46.3 Å². The van der Waals surface area contributed by atoms with Gasteiger partial charge in [0.1, 0.15) is 5.82 Å². The van der Waals surface area contributed by atoms with E-state index in [1.165, 1.54) is 12.1 Å². The van der Waals surface area contributed by atoms with Gasteiger partial charge in [-0.2, -0.15) is 0 Å². The lowest BCUT2D eigenvalue weighted by molar-refractivity contribution is 0.0747. The molecule has 2 aromatic rings. The molecule has 0 aliphatic rings. The standard InChI is InChI=1S/C17H19FN2O/c1-13-9-15(11-16(18)10-13)17(21)20(8-7-19)12-14-5-3-2-4-6-14/h2-6,9-11H,7-8,12,19H2,1H3. The summed E-state index contributed by atoms with van der Waals surface area (Å²) in [6.07, 6.45) is 0. The van der Waals surface area contributed by atoms with Crippen LogP contribution in [-0.2, 0) is 6.54 Å². The molecule has 0 aliphatic heterocycles. The summed E-state index contributed by atoms with van der Waals surface area (Å²) < 4.78 is 13.5. The van der Waals surface area contributed by atoms with Gasteiger partial charge in [-0.1, -0.05) is 30.3 Å². The molecule has 0 saturated carbocycles. The summed E-state index contributed by atoms with van der Waals surface area (Å²) in [4.78, 5) is 14.2. The molecule has 0 heterocycles. The van der Waals surface area contributed by atoms with Crippen molar-refractivity contribution in [3.63, 3.8) is 0 Å². The van der Waals surface area contributed by atoms with Crippen molar-refractivity contribution in [2.24, 2.45) is 5.73 Å². The van der Waals surface area contributed by atoms with Crippen LogP contribution in [0.2, 0.25) is 0 Å². The molecule has 110 valence electrons. The molecule has 0 saturated heterocycles. The minimum atomic E-state index is -0.397. The van der Waals surface area contributed by atoms with Crippen LogP contribution in [0.3, 0.4) is 0 Å². The molecular weight excluding hydrogens is 267 g/mol. The molecule has 2 aromatic carbocycles.